The number of ether oxygens (including phenoxy) is 3. The molecule has 6 nitrogen and oxygen atoms in total. The van der Waals surface area contributed by atoms with Crippen LogP contribution in [-0.2, 0) is 19.1 Å². The zero-order valence-corrected chi connectivity index (χ0v) is 11.4. The third-order valence-corrected chi connectivity index (χ3v) is 2.44. The van der Waals surface area contributed by atoms with Crippen molar-refractivity contribution in [1.29, 1.82) is 0 Å². The van der Waals surface area contributed by atoms with Crippen molar-refractivity contribution in [3.8, 4) is 5.75 Å². The van der Waals surface area contributed by atoms with Gasteiger partial charge in [0, 0.05) is 6.42 Å². The van der Waals surface area contributed by atoms with Gasteiger partial charge in [0.2, 0.25) is 0 Å². The highest BCUT2D eigenvalue weighted by molar-refractivity contribution is 5.94. The van der Waals surface area contributed by atoms with Gasteiger partial charge in [-0.2, -0.15) is 0 Å². The molecule has 0 unspecified atom stereocenters. The number of Topliss-reactive ketones (excluding diaryl/α,β-unsaturated/α-hetero) is 1. The summed E-state index contributed by atoms with van der Waals surface area (Å²) in [7, 11) is 1.24. The Kier molecular flexibility index (Phi) is 6.22. The molecule has 0 fully saturated rings. The number of ketones is 1. The van der Waals surface area contributed by atoms with Gasteiger partial charge in [0.15, 0.2) is 12.4 Å². The standard InChI is InChI=1S/C14H16O6/c1-3-10(15)8-20-14(17)11-6-4-5-7-12(11)19-9-13(16)18-2/h4-7H,3,8-9H2,1-2H3. The van der Waals surface area contributed by atoms with Gasteiger partial charge in [-0.3, -0.25) is 4.79 Å². The maximum atomic E-state index is 11.8. The first kappa shape index (κ1) is 15.7. The van der Waals surface area contributed by atoms with Crippen LogP contribution in [0.3, 0.4) is 0 Å². The van der Waals surface area contributed by atoms with Crippen LogP contribution in [0.25, 0.3) is 0 Å². The van der Waals surface area contributed by atoms with E-state index in [-0.39, 0.29) is 30.3 Å². The summed E-state index contributed by atoms with van der Waals surface area (Å²) in [5.41, 5.74) is 0.153. The molecule has 0 saturated carbocycles. The molecule has 0 amide bonds. The number of rotatable bonds is 7. The third kappa shape index (κ3) is 4.72. The number of carbonyl (C=O) groups is 3. The maximum Gasteiger partial charge on any atom is 0.343 e. The van der Waals surface area contributed by atoms with E-state index in [1.165, 1.54) is 19.2 Å². The second-order valence-corrected chi connectivity index (χ2v) is 3.83. The topological polar surface area (TPSA) is 78.9 Å². The fraction of sp³-hybridized carbons (Fsp3) is 0.357. The van der Waals surface area contributed by atoms with E-state index in [0.717, 1.165) is 0 Å². The van der Waals surface area contributed by atoms with Gasteiger partial charge < -0.3 is 14.2 Å². The Labute approximate surface area is 116 Å². The highest BCUT2D eigenvalue weighted by atomic mass is 16.6. The predicted octanol–water partition coefficient (Wildman–Crippen LogP) is 1.37. The summed E-state index contributed by atoms with van der Waals surface area (Å²) in [5, 5.41) is 0. The van der Waals surface area contributed by atoms with Crippen LogP contribution in [0, 0.1) is 0 Å². The van der Waals surface area contributed by atoms with Gasteiger partial charge in [-0.25, -0.2) is 9.59 Å². The van der Waals surface area contributed by atoms with Crippen molar-refractivity contribution >= 4 is 17.7 Å². The quantitative estimate of drug-likeness (QED) is 0.702. The molecule has 0 spiro atoms. The van der Waals surface area contributed by atoms with E-state index >= 15 is 0 Å². The molecule has 0 aromatic heterocycles. The van der Waals surface area contributed by atoms with Crippen molar-refractivity contribution in [3.63, 3.8) is 0 Å². The van der Waals surface area contributed by atoms with E-state index in [1.54, 1.807) is 19.1 Å². The first-order valence-corrected chi connectivity index (χ1v) is 6.06. The number of methoxy groups -OCH3 is 1. The number of para-hydroxylation sites is 1. The van der Waals surface area contributed by atoms with E-state index in [2.05, 4.69) is 4.74 Å². The highest BCUT2D eigenvalue weighted by Crippen LogP contribution is 2.19. The van der Waals surface area contributed by atoms with Crippen molar-refractivity contribution in [1.82, 2.24) is 0 Å². The molecule has 0 aliphatic carbocycles. The third-order valence-electron chi connectivity index (χ3n) is 2.44. The molecular weight excluding hydrogens is 264 g/mol. The van der Waals surface area contributed by atoms with Crippen LogP contribution in [0.2, 0.25) is 0 Å². The van der Waals surface area contributed by atoms with E-state index in [4.69, 9.17) is 9.47 Å². The van der Waals surface area contributed by atoms with Crippen molar-refractivity contribution in [3.05, 3.63) is 29.8 Å². The minimum absolute atomic E-state index is 0.153. The summed E-state index contributed by atoms with van der Waals surface area (Å²) < 4.78 is 14.5. The van der Waals surface area contributed by atoms with Gasteiger partial charge in [0.25, 0.3) is 0 Å². The number of carbonyl (C=O) groups excluding carboxylic acids is 3. The molecule has 108 valence electrons. The van der Waals surface area contributed by atoms with Crippen LogP contribution in [0.5, 0.6) is 5.75 Å². The van der Waals surface area contributed by atoms with Crippen molar-refractivity contribution < 1.29 is 28.6 Å². The average Bonchev–Trinajstić information content (AvgIpc) is 2.49. The summed E-state index contributed by atoms with van der Waals surface area (Å²) in [6.07, 6.45) is 0.299. The minimum Gasteiger partial charge on any atom is -0.481 e. The Balaban J connectivity index is 2.71. The van der Waals surface area contributed by atoms with Gasteiger partial charge in [0.05, 0.1) is 7.11 Å². The minimum atomic E-state index is -0.674. The first-order valence-electron chi connectivity index (χ1n) is 6.06. The molecular formula is C14H16O6. The largest absolute Gasteiger partial charge is 0.481 e. The molecule has 1 aromatic rings. The maximum absolute atomic E-state index is 11.8. The average molecular weight is 280 g/mol. The second-order valence-electron chi connectivity index (χ2n) is 3.83. The van der Waals surface area contributed by atoms with Crippen molar-refractivity contribution in [2.24, 2.45) is 0 Å². The van der Waals surface area contributed by atoms with Crippen LogP contribution in [0.1, 0.15) is 23.7 Å². The summed E-state index contributed by atoms with van der Waals surface area (Å²) in [6.45, 7) is 1.10. The number of hydrogen-bond donors (Lipinski definition) is 0. The number of hydrogen-bond acceptors (Lipinski definition) is 6. The number of esters is 2. The van der Waals surface area contributed by atoms with Gasteiger partial charge in [-0.1, -0.05) is 19.1 Å². The first-order chi connectivity index (χ1) is 9.58. The molecule has 0 aliphatic heterocycles. The molecule has 0 aliphatic rings. The molecule has 0 radical (unpaired) electrons. The van der Waals surface area contributed by atoms with E-state index in [1.807, 2.05) is 0 Å². The molecule has 6 heteroatoms. The van der Waals surface area contributed by atoms with Gasteiger partial charge in [0.1, 0.15) is 17.9 Å². The Morgan fingerprint density at radius 2 is 1.80 bits per heavy atom. The van der Waals surface area contributed by atoms with Gasteiger partial charge in [-0.15, -0.1) is 0 Å². The summed E-state index contributed by atoms with van der Waals surface area (Å²) in [6, 6.07) is 6.30. The van der Waals surface area contributed by atoms with E-state index in [9.17, 15) is 14.4 Å². The lowest BCUT2D eigenvalue weighted by atomic mass is 10.2. The summed E-state index contributed by atoms with van der Waals surface area (Å²) >= 11 is 0. The van der Waals surface area contributed by atoms with Crippen LogP contribution >= 0.6 is 0 Å². The van der Waals surface area contributed by atoms with Crippen LogP contribution in [-0.4, -0.2) is 38.0 Å². The molecule has 1 rings (SSSR count). The predicted molar refractivity (Wildman–Crippen MR) is 69.5 cm³/mol. The van der Waals surface area contributed by atoms with E-state index in [0.29, 0.717) is 6.42 Å². The smallest absolute Gasteiger partial charge is 0.343 e. The van der Waals surface area contributed by atoms with Crippen molar-refractivity contribution in [2.75, 3.05) is 20.3 Å². The Hall–Kier alpha value is -2.37. The Bertz CT molecular complexity index is 494. The molecule has 20 heavy (non-hydrogen) atoms. The summed E-state index contributed by atoms with van der Waals surface area (Å²) in [5.74, 6) is -1.21. The Morgan fingerprint density at radius 3 is 2.45 bits per heavy atom. The zero-order valence-electron chi connectivity index (χ0n) is 11.4. The number of benzene rings is 1. The second kappa shape index (κ2) is 7.93. The lowest BCUT2D eigenvalue weighted by molar-refractivity contribution is -0.142. The monoisotopic (exact) mass is 280 g/mol. The zero-order chi connectivity index (χ0) is 15.0. The SMILES string of the molecule is CCC(=O)COC(=O)c1ccccc1OCC(=O)OC. The van der Waals surface area contributed by atoms with Crippen molar-refractivity contribution in [2.45, 2.75) is 13.3 Å². The molecule has 0 N–H and O–H groups in total. The normalized spacial score (nSPS) is 9.70. The molecule has 0 atom stereocenters. The molecule has 0 heterocycles. The van der Waals surface area contributed by atoms with E-state index < -0.39 is 11.9 Å². The Morgan fingerprint density at radius 1 is 1.10 bits per heavy atom. The fourth-order valence-electron chi connectivity index (χ4n) is 1.28. The van der Waals surface area contributed by atoms with Gasteiger partial charge in [-0.05, 0) is 12.1 Å². The molecule has 0 bridgehead atoms. The molecule has 0 saturated heterocycles. The lowest BCUT2D eigenvalue weighted by Crippen LogP contribution is -2.16. The fourth-order valence-corrected chi connectivity index (χ4v) is 1.28. The molecule has 1 aromatic carbocycles. The van der Waals surface area contributed by atoms with Crippen LogP contribution in [0.4, 0.5) is 0 Å². The van der Waals surface area contributed by atoms with Crippen LogP contribution in [0.15, 0.2) is 24.3 Å². The highest BCUT2D eigenvalue weighted by Gasteiger charge is 2.15. The van der Waals surface area contributed by atoms with Gasteiger partial charge >= 0.3 is 11.9 Å². The summed E-state index contributed by atoms with van der Waals surface area (Å²) in [4.78, 5) is 34.0. The lowest BCUT2D eigenvalue weighted by Gasteiger charge is -2.10. The van der Waals surface area contributed by atoms with Crippen LogP contribution < -0.4 is 4.74 Å².